The Balaban J connectivity index is 1.31. The van der Waals surface area contributed by atoms with Crippen molar-refractivity contribution >= 4 is 28.8 Å². The van der Waals surface area contributed by atoms with Crippen LogP contribution < -0.4 is 0 Å². The molecule has 0 saturated carbocycles. The summed E-state index contributed by atoms with van der Waals surface area (Å²) in [6, 6.07) is 7.60. The number of hydrogen-bond acceptors (Lipinski definition) is 5. The molecule has 7 heteroatoms. The maximum absolute atomic E-state index is 12.9. The van der Waals surface area contributed by atoms with Crippen LogP contribution in [-0.2, 0) is 4.74 Å². The van der Waals surface area contributed by atoms with E-state index >= 15 is 0 Å². The van der Waals surface area contributed by atoms with Crippen LogP contribution in [0.15, 0.2) is 29.6 Å². The molecule has 2 atom stereocenters. The lowest BCUT2D eigenvalue weighted by atomic mass is 9.95. The summed E-state index contributed by atoms with van der Waals surface area (Å²) in [5.41, 5.74) is 1.49. The smallest absolute Gasteiger partial charge is 0.273 e. The summed E-state index contributed by atoms with van der Waals surface area (Å²) >= 11 is 7.57. The molecule has 2 fully saturated rings. The average molecular weight is 434 g/mol. The summed E-state index contributed by atoms with van der Waals surface area (Å²) in [6.07, 6.45) is 2.71. The van der Waals surface area contributed by atoms with Crippen molar-refractivity contribution in [1.29, 1.82) is 0 Å². The fourth-order valence-corrected chi connectivity index (χ4v) is 5.39. The minimum atomic E-state index is 0.0431. The van der Waals surface area contributed by atoms with Gasteiger partial charge in [0.25, 0.3) is 5.91 Å². The number of nitrogens with zero attached hydrogens (tertiary/aromatic N) is 3. The predicted octanol–water partition coefficient (Wildman–Crippen LogP) is 4.42. The minimum absolute atomic E-state index is 0.0431. The standard InChI is InChI=1S/C22H28ClN3O2S/c1-15-11-25(12-16(2)28-15)13-17-6-8-26(9-7-17)22(27)20-14-29-21(24-20)18-4-3-5-19(23)10-18/h3-5,10,14-17H,6-9,11-13H2,1-2H3. The van der Waals surface area contributed by atoms with Crippen molar-refractivity contribution in [1.82, 2.24) is 14.8 Å². The number of benzene rings is 1. The van der Waals surface area contributed by atoms with Gasteiger partial charge >= 0.3 is 0 Å². The van der Waals surface area contributed by atoms with Crippen molar-refractivity contribution in [3.05, 3.63) is 40.4 Å². The van der Waals surface area contributed by atoms with Crippen molar-refractivity contribution in [2.45, 2.75) is 38.9 Å². The van der Waals surface area contributed by atoms with Crippen LogP contribution in [0.1, 0.15) is 37.2 Å². The highest BCUT2D eigenvalue weighted by atomic mass is 35.5. The highest BCUT2D eigenvalue weighted by molar-refractivity contribution is 7.13. The lowest BCUT2D eigenvalue weighted by Crippen LogP contribution is -2.48. The molecule has 1 amide bonds. The molecule has 156 valence electrons. The van der Waals surface area contributed by atoms with Gasteiger partial charge in [0.15, 0.2) is 0 Å². The molecule has 0 N–H and O–H groups in total. The second-order valence-corrected chi connectivity index (χ2v) is 9.55. The van der Waals surface area contributed by atoms with Gasteiger partial charge in [-0.1, -0.05) is 23.7 Å². The van der Waals surface area contributed by atoms with Gasteiger partial charge in [0.2, 0.25) is 0 Å². The Bertz CT molecular complexity index is 840. The van der Waals surface area contributed by atoms with E-state index in [1.807, 2.05) is 34.5 Å². The summed E-state index contributed by atoms with van der Waals surface area (Å²) in [5, 5.41) is 3.37. The molecule has 5 nitrogen and oxygen atoms in total. The molecule has 29 heavy (non-hydrogen) atoms. The molecule has 3 heterocycles. The van der Waals surface area contributed by atoms with Gasteiger partial charge in [0.05, 0.1) is 12.2 Å². The van der Waals surface area contributed by atoms with E-state index in [2.05, 4.69) is 23.7 Å². The molecular weight excluding hydrogens is 406 g/mol. The molecule has 0 radical (unpaired) electrons. The number of morpholine rings is 1. The van der Waals surface area contributed by atoms with Gasteiger partial charge < -0.3 is 9.64 Å². The molecule has 1 aromatic heterocycles. The topological polar surface area (TPSA) is 45.7 Å². The summed E-state index contributed by atoms with van der Waals surface area (Å²) in [4.78, 5) is 22.0. The molecule has 2 saturated heterocycles. The van der Waals surface area contributed by atoms with E-state index in [1.165, 1.54) is 11.3 Å². The Morgan fingerprint density at radius 2 is 1.97 bits per heavy atom. The first-order valence-electron chi connectivity index (χ1n) is 10.4. The highest BCUT2D eigenvalue weighted by Crippen LogP contribution is 2.27. The molecular formula is C22H28ClN3O2S. The normalized spacial score (nSPS) is 24.0. The van der Waals surface area contributed by atoms with Crippen LogP contribution in [0.4, 0.5) is 0 Å². The number of ether oxygens (including phenoxy) is 1. The Labute approximate surface area is 181 Å². The Hall–Kier alpha value is -1.47. The van der Waals surface area contributed by atoms with Crippen molar-refractivity contribution < 1.29 is 9.53 Å². The molecule has 0 spiro atoms. The number of carbonyl (C=O) groups excluding carboxylic acids is 1. The van der Waals surface area contributed by atoms with E-state index in [-0.39, 0.29) is 5.91 Å². The first-order chi connectivity index (χ1) is 14.0. The second kappa shape index (κ2) is 9.13. The van der Waals surface area contributed by atoms with E-state index in [9.17, 15) is 4.79 Å². The molecule has 2 aromatic rings. The number of carbonyl (C=O) groups is 1. The summed E-state index contributed by atoms with van der Waals surface area (Å²) in [7, 11) is 0. The first-order valence-corrected chi connectivity index (χ1v) is 11.6. The monoisotopic (exact) mass is 433 g/mol. The molecule has 2 aliphatic rings. The van der Waals surface area contributed by atoms with Crippen molar-refractivity contribution in [3.8, 4) is 10.6 Å². The van der Waals surface area contributed by atoms with E-state index in [0.717, 1.165) is 56.1 Å². The minimum Gasteiger partial charge on any atom is -0.373 e. The zero-order chi connectivity index (χ0) is 20.4. The summed E-state index contributed by atoms with van der Waals surface area (Å²) in [5.74, 6) is 0.690. The van der Waals surface area contributed by atoms with Crippen molar-refractivity contribution in [2.24, 2.45) is 5.92 Å². The summed E-state index contributed by atoms with van der Waals surface area (Å²) in [6.45, 7) is 9.04. The number of amides is 1. The van der Waals surface area contributed by atoms with E-state index in [4.69, 9.17) is 16.3 Å². The number of aromatic nitrogens is 1. The van der Waals surface area contributed by atoms with Crippen LogP contribution in [0.2, 0.25) is 5.02 Å². The van der Waals surface area contributed by atoms with Crippen LogP contribution >= 0.6 is 22.9 Å². The van der Waals surface area contributed by atoms with Gasteiger partial charge in [-0.25, -0.2) is 4.98 Å². The first kappa shape index (κ1) is 20.8. The number of rotatable bonds is 4. The van der Waals surface area contributed by atoms with Gasteiger partial charge in [0.1, 0.15) is 10.7 Å². The van der Waals surface area contributed by atoms with Crippen LogP contribution in [0.3, 0.4) is 0 Å². The molecule has 2 unspecified atom stereocenters. The largest absolute Gasteiger partial charge is 0.373 e. The van der Waals surface area contributed by atoms with Gasteiger partial charge in [0, 0.05) is 48.7 Å². The Morgan fingerprint density at radius 3 is 2.66 bits per heavy atom. The predicted molar refractivity (Wildman–Crippen MR) is 118 cm³/mol. The number of halogens is 1. The van der Waals surface area contributed by atoms with Gasteiger partial charge in [-0.2, -0.15) is 0 Å². The van der Waals surface area contributed by atoms with E-state index < -0.39 is 0 Å². The van der Waals surface area contributed by atoms with Crippen LogP contribution in [0.5, 0.6) is 0 Å². The number of likely N-dealkylation sites (tertiary alicyclic amines) is 1. The number of piperidine rings is 1. The van der Waals surface area contributed by atoms with Gasteiger partial charge in [-0.15, -0.1) is 11.3 Å². The second-order valence-electron chi connectivity index (χ2n) is 8.26. The fourth-order valence-electron chi connectivity index (χ4n) is 4.41. The zero-order valence-electron chi connectivity index (χ0n) is 17.0. The third-order valence-corrected chi connectivity index (χ3v) is 6.83. The number of thiazole rings is 1. The third-order valence-electron chi connectivity index (χ3n) is 5.71. The summed E-state index contributed by atoms with van der Waals surface area (Å²) < 4.78 is 5.84. The Morgan fingerprint density at radius 1 is 1.24 bits per heavy atom. The maximum Gasteiger partial charge on any atom is 0.273 e. The van der Waals surface area contributed by atoms with Gasteiger partial charge in [-0.05, 0) is 44.7 Å². The Kier molecular flexibility index (Phi) is 6.54. The quantitative estimate of drug-likeness (QED) is 0.715. The lowest BCUT2D eigenvalue weighted by Gasteiger charge is -2.39. The van der Waals surface area contributed by atoms with E-state index in [1.54, 1.807) is 0 Å². The molecule has 1 aromatic carbocycles. The average Bonchev–Trinajstić information content (AvgIpc) is 3.17. The van der Waals surface area contributed by atoms with Crippen LogP contribution in [0.25, 0.3) is 10.6 Å². The van der Waals surface area contributed by atoms with Crippen molar-refractivity contribution in [3.63, 3.8) is 0 Å². The third kappa shape index (κ3) is 5.18. The molecule has 0 bridgehead atoms. The van der Waals surface area contributed by atoms with E-state index in [0.29, 0.717) is 28.8 Å². The molecule has 4 rings (SSSR count). The van der Waals surface area contributed by atoms with Crippen molar-refractivity contribution in [2.75, 3.05) is 32.7 Å². The maximum atomic E-state index is 12.9. The highest BCUT2D eigenvalue weighted by Gasteiger charge is 2.29. The lowest BCUT2D eigenvalue weighted by molar-refractivity contribution is -0.0728. The number of hydrogen-bond donors (Lipinski definition) is 0. The SMILES string of the molecule is CC1CN(CC2CCN(C(=O)c3csc(-c4cccc(Cl)c4)n3)CC2)CC(C)O1. The molecule has 0 aliphatic carbocycles. The zero-order valence-corrected chi connectivity index (χ0v) is 18.6. The fraction of sp³-hybridized carbons (Fsp3) is 0.545. The van der Waals surface area contributed by atoms with Gasteiger partial charge in [-0.3, -0.25) is 9.69 Å². The van der Waals surface area contributed by atoms with Crippen LogP contribution in [-0.4, -0.2) is 65.6 Å². The van der Waals surface area contributed by atoms with Crippen LogP contribution in [0, 0.1) is 5.92 Å². The molecule has 2 aliphatic heterocycles.